The minimum atomic E-state index is -0.259. The SMILES string of the molecule is COC1=CC(=O)C(OC)=C(C[C@@]2(C)[C@H](C)CC[C@@]34C[C@]3(C)CCC[C@@H]24)C1=O. The Morgan fingerprint density at radius 1 is 1.11 bits per heavy atom. The third kappa shape index (κ3) is 2.41. The molecule has 27 heavy (non-hydrogen) atoms. The first-order chi connectivity index (χ1) is 12.7. The molecule has 3 fully saturated rings. The normalized spacial score (nSPS) is 43.7. The lowest BCUT2D eigenvalue weighted by Gasteiger charge is -2.55. The highest BCUT2D eigenvalue weighted by atomic mass is 16.5. The Morgan fingerprint density at radius 2 is 1.85 bits per heavy atom. The van der Waals surface area contributed by atoms with Crippen molar-refractivity contribution in [2.75, 3.05) is 14.2 Å². The fourth-order valence-electron chi connectivity index (χ4n) is 7.04. The zero-order chi connectivity index (χ0) is 19.6. The molecule has 0 unspecified atom stereocenters. The highest BCUT2D eigenvalue weighted by Crippen LogP contribution is 2.80. The molecule has 5 atom stereocenters. The van der Waals surface area contributed by atoms with Crippen molar-refractivity contribution in [1.82, 2.24) is 0 Å². The van der Waals surface area contributed by atoms with Gasteiger partial charge in [-0.25, -0.2) is 0 Å². The predicted molar refractivity (Wildman–Crippen MR) is 103 cm³/mol. The summed E-state index contributed by atoms with van der Waals surface area (Å²) in [7, 11) is 2.93. The van der Waals surface area contributed by atoms with E-state index in [0.717, 1.165) is 0 Å². The fraction of sp³-hybridized carbons (Fsp3) is 0.739. The third-order valence-electron chi connectivity index (χ3n) is 8.86. The van der Waals surface area contributed by atoms with Gasteiger partial charge in [-0.2, -0.15) is 0 Å². The largest absolute Gasteiger partial charge is 0.493 e. The van der Waals surface area contributed by atoms with Gasteiger partial charge in [0.15, 0.2) is 11.5 Å². The Labute approximate surface area is 162 Å². The second kappa shape index (κ2) is 5.96. The minimum absolute atomic E-state index is 0.00166. The molecule has 0 saturated heterocycles. The molecule has 0 amide bonds. The quantitative estimate of drug-likeness (QED) is 0.677. The summed E-state index contributed by atoms with van der Waals surface area (Å²) in [5.74, 6) is 1.03. The van der Waals surface area contributed by atoms with Crippen molar-refractivity contribution in [2.45, 2.75) is 65.7 Å². The molecule has 0 bridgehead atoms. The van der Waals surface area contributed by atoms with E-state index >= 15 is 0 Å². The smallest absolute Gasteiger partial charge is 0.227 e. The van der Waals surface area contributed by atoms with E-state index in [-0.39, 0.29) is 28.5 Å². The fourth-order valence-corrected chi connectivity index (χ4v) is 7.04. The van der Waals surface area contributed by atoms with Gasteiger partial charge in [0, 0.05) is 6.08 Å². The number of methoxy groups -OCH3 is 2. The van der Waals surface area contributed by atoms with Crippen LogP contribution in [0.3, 0.4) is 0 Å². The molecule has 0 aromatic heterocycles. The first-order valence-electron chi connectivity index (χ1n) is 10.3. The van der Waals surface area contributed by atoms with Crippen LogP contribution in [0.2, 0.25) is 0 Å². The summed E-state index contributed by atoms with van der Waals surface area (Å²) >= 11 is 0. The van der Waals surface area contributed by atoms with E-state index in [1.165, 1.54) is 58.8 Å². The zero-order valence-corrected chi connectivity index (χ0v) is 17.3. The predicted octanol–water partition coefficient (Wildman–Crippen LogP) is 4.59. The van der Waals surface area contributed by atoms with E-state index in [2.05, 4.69) is 20.8 Å². The molecule has 0 N–H and O–H groups in total. The number of carbonyl (C=O) groups excluding carboxylic acids is 2. The summed E-state index contributed by atoms with van der Waals surface area (Å²) in [6.45, 7) is 7.16. The average molecular weight is 373 g/mol. The maximum Gasteiger partial charge on any atom is 0.227 e. The minimum Gasteiger partial charge on any atom is -0.493 e. The van der Waals surface area contributed by atoms with E-state index in [1.807, 2.05) is 0 Å². The lowest BCUT2D eigenvalue weighted by Crippen LogP contribution is -2.48. The highest BCUT2D eigenvalue weighted by molar-refractivity contribution is 6.21. The Balaban J connectivity index is 1.73. The van der Waals surface area contributed by atoms with Crippen LogP contribution in [0, 0.1) is 28.1 Å². The first kappa shape index (κ1) is 18.8. The molecule has 148 valence electrons. The van der Waals surface area contributed by atoms with Crippen LogP contribution in [0.5, 0.6) is 0 Å². The molecule has 0 aromatic carbocycles. The number of hydrogen-bond donors (Lipinski definition) is 0. The molecular formula is C23H32O4. The second-order valence-electron chi connectivity index (χ2n) is 9.88. The molecule has 0 heterocycles. The van der Waals surface area contributed by atoms with Crippen molar-refractivity contribution in [3.05, 3.63) is 23.2 Å². The van der Waals surface area contributed by atoms with Gasteiger partial charge in [0.05, 0.1) is 19.8 Å². The lowest BCUT2D eigenvalue weighted by atomic mass is 9.50. The van der Waals surface area contributed by atoms with Crippen LogP contribution < -0.4 is 0 Å². The maximum atomic E-state index is 13.0. The van der Waals surface area contributed by atoms with Crippen LogP contribution >= 0.6 is 0 Å². The summed E-state index contributed by atoms with van der Waals surface area (Å²) in [5.41, 5.74) is 1.45. The third-order valence-corrected chi connectivity index (χ3v) is 8.86. The molecule has 4 aliphatic carbocycles. The maximum absolute atomic E-state index is 13.0. The monoisotopic (exact) mass is 372 g/mol. The van der Waals surface area contributed by atoms with E-state index in [4.69, 9.17) is 9.47 Å². The first-order valence-corrected chi connectivity index (χ1v) is 10.3. The summed E-state index contributed by atoms with van der Waals surface area (Å²) in [4.78, 5) is 25.5. The van der Waals surface area contributed by atoms with Crippen LogP contribution in [-0.4, -0.2) is 25.8 Å². The average Bonchev–Trinajstić information content (AvgIpc) is 3.26. The number of ether oxygens (including phenoxy) is 2. The Hall–Kier alpha value is -1.58. The number of allylic oxidation sites excluding steroid dienone is 2. The molecule has 0 aliphatic heterocycles. The van der Waals surface area contributed by atoms with Crippen LogP contribution in [-0.2, 0) is 19.1 Å². The number of Topliss-reactive ketones (excluding diaryl/α,β-unsaturated/α-hetero) is 1. The van der Waals surface area contributed by atoms with Gasteiger partial charge in [0.1, 0.15) is 0 Å². The Bertz CT molecular complexity index is 762. The molecular weight excluding hydrogens is 340 g/mol. The highest BCUT2D eigenvalue weighted by Gasteiger charge is 2.72. The molecule has 4 aliphatic rings. The van der Waals surface area contributed by atoms with Gasteiger partial charge in [-0.3, -0.25) is 9.59 Å². The van der Waals surface area contributed by atoms with Crippen molar-refractivity contribution >= 4 is 11.6 Å². The Morgan fingerprint density at radius 3 is 2.52 bits per heavy atom. The Kier molecular flexibility index (Phi) is 4.14. The van der Waals surface area contributed by atoms with E-state index in [9.17, 15) is 9.59 Å². The number of carbonyl (C=O) groups is 2. The van der Waals surface area contributed by atoms with Crippen molar-refractivity contribution in [3.63, 3.8) is 0 Å². The molecule has 4 heteroatoms. The van der Waals surface area contributed by atoms with Gasteiger partial charge in [-0.05, 0) is 66.6 Å². The second-order valence-corrected chi connectivity index (χ2v) is 9.88. The molecule has 4 nitrogen and oxygen atoms in total. The molecule has 3 saturated carbocycles. The van der Waals surface area contributed by atoms with Gasteiger partial charge in [0.2, 0.25) is 11.6 Å². The molecule has 0 radical (unpaired) electrons. The standard InChI is InChI=1S/C23H32O4/c1-14-8-10-23-13-21(23,2)9-6-7-18(23)22(14,3)12-15-19(25)17(26-4)11-16(24)20(15)27-5/h11,14,18H,6-10,12-13H2,1-5H3/t14-,18+,21+,22+,23+/m1/s1. The van der Waals surface area contributed by atoms with Crippen molar-refractivity contribution in [3.8, 4) is 0 Å². The van der Waals surface area contributed by atoms with E-state index < -0.39 is 0 Å². The van der Waals surface area contributed by atoms with Gasteiger partial charge < -0.3 is 9.47 Å². The van der Waals surface area contributed by atoms with Crippen LogP contribution in [0.4, 0.5) is 0 Å². The van der Waals surface area contributed by atoms with Crippen molar-refractivity contribution in [1.29, 1.82) is 0 Å². The molecule has 4 rings (SSSR count). The number of hydrogen-bond acceptors (Lipinski definition) is 4. The van der Waals surface area contributed by atoms with Gasteiger partial charge in [-0.15, -0.1) is 0 Å². The topological polar surface area (TPSA) is 52.6 Å². The van der Waals surface area contributed by atoms with E-state index in [1.54, 1.807) is 0 Å². The molecule has 1 spiro atoms. The summed E-state index contributed by atoms with van der Waals surface area (Å²) in [6.07, 6.45) is 9.57. The van der Waals surface area contributed by atoms with Crippen LogP contribution in [0.15, 0.2) is 23.2 Å². The lowest BCUT2D eigenvalue weighted by molar-refractivity contribution is -0.121. The van der Waals surface area contributed by atoms with Crippen LogP contribution in [0.25, 0.3) is 0 Å². The summed E-state index contributed by atoms with van der Waals surface area (Å²) < 4.78 is 10.6. The van der Waals surface area contributed by atoms with Gasteiger partial charge >= 0.3 is 0 Å². The van der Waals surface area contributed by atoms with Gasteiger partial charge in [-0.1, -0.05) is 27.2 Å². The van der Waals surface area contributed by atoms with Crippen molar-refractivity contribution < 1.29 is 19.1 Å². The number of ketones is 2. The molecule has 0 aromatic rings. The summed E-state index contributed by atoms with van der Waals surface area (Å²) in [6, 6.07) is 0. The van der Waals surface area contributed by atoms with Crippen LogP contribution in [0.1, 0.15) is 65.7 Å². The zero-order valence-electron chi connectivity index (χ0n) is 17.3. The van der Waals surface area contributed by atoms with E-state index in [0.29, 0.717) is 34.7 Å². The summed E-state index contributed by atoms with van der Waals surface area (Å²) in [5, 5.41) is 0. The van der Waals surface area contributed by atoms with Gasteiger partial charge in [0.25, 0.3) is 0 Å². The van der Waals surface area contributed by atoms with Crippen molar-refractivity contribution in [2.24, 2.45) is 28.1 Å². The number of rotatable bonds is 4.